The number of likely N-dealkylation sites (tertiary alicyclic amines) is 1. The maximum Gasteiger partial charge on any atom is 0.139 e. The molecule has 0 radical (unpaired) electrons. The zero-order valence-electron chi connectivity index (χ0n) is 17.1. The molecule has 0 spiro atoms. The summed E-state index contributed by atoms with van der Waals surface area (Å²) in [5.74, 6) is 0.845. The summed E-state index contributed by atoms with van der Waals surface area (Å²) in [6, 6.07) is 15.1. The van der Waals surface area contributed by atoms with Crippen LogP contribution in [0.2, 0.25) is 5.02 Å². The van der Waals surface area contributed by atoms with Gasteiger partial charge in [-0.05, 0) is 67.6 Å². The Morgan fingerprint density at radius 3 is 2.87 bits per heavy atom. The van der Waals surface area contributed by atoms with E-state index in [1.54, 1.807) is 0 Å². The van der Waals surface area contributed by atoms with Crippen LogP contribution in [0, 0.1) is 0 Å². The van der Waals surface area contributed by atoms with Crippen LogP contribution >= 0.6 is 11.6 Å². The number of aryl methyl sites for hydroxylation is 1. The van der Waals surface area contributed by atoms with Crippen molar-refractivity contribution in [3.63, 3.8) is 0 Å². The van der Waals surface area contributed by atoms with Crippen molar-refractivity contribution in [2.75, 3.05) is 19.6 Å². The minimum absolute atomic E-state index is 0.0360. The Balaban J connectivity index is 1.52. The molecule has 2 aromatic carbocycles. The second-order valence-electron chi connectivity index (χ2n) is 8.51. The predicted molar refractivity (Wildman–Crippen MR) is 123 cm³/mol. The molecule has 0 saturated carbocycles. The molecule has 3 atom stereocenters. The lowest BCUT2D eigenvalue weighted by atomic mass is 9.84. The number of hydrogen-bond donors (Lipinski definition) is 1. The molecular formula is C25H28ClN3O. The molecule has 3 aliphatic rings. The number of nitrogens with zero attached hydrogens (tertiary/aromatic N) is 2. The van der Waals surface area contributed by atoms with E-state index < -0.39 is 0 Å². The Labute approximate surface area is 183 Å². The van der Waals surface area contributed by atoms with Gasteiger partial charge in [-0.25, -0.2) is 0 Å². The summed E-state index contributed by atoms with van der Waals surface area (Å²) in [4.78, 5) is 7.16. The summed E-state index contributed by atoms with van der Waals surface area (Å²) in [5, 5.41) is 0.697. The molecule has 4 nitrogen and oxygen atoms in total. The maximum atomic E-state index is 6.83. The summed E-state index contributed by atoms with van der Waals surface area (Å²) >= 11 is 6.33. The van der Waals surface area contributed by atoms with Gasteiger partial charge in [-0.2, -0.15) is 0 Å². The van der Waals surface area contributed by atoms with Gasteiger partial charge in [-0.1, -0.05) is 41.9 Å². The molecule has 2 aliphatic heterocycles. The maximum absolute atomic E-state index is 6.83. The van der Waals surface area contributed by atoms with Crippen LogP contribution in [-0.2, 0) is 6.42 Å². The van der Waals surface area contributed by atoms with Crippen LogP contribution in [0.3, 0.4) is 0 Å². The third-order valence-corrected chi connectivity index (χ3v) is 6.73. The van der Waals surface area contributed by atoms with E-state index in [4.69, 9.17) is 22.1 Å². The fraction of sp³-hybridized carbons (Fsp3) is 0.400. The fourth-order valence-electron chi connectivity index (χ4n) is 5.04. The lowest BCUT2D eigenvalue weighted by molar-refractivity contribution is 0.0366. The molecule has 1 saturated heterocycles. The lowest BCUT2D eigenvalue weighted by Gasteiger charge is -2.43. The quantitative estimate of drug-likeness (QED) is 0.787. The summed E-state index contributed by atoms with van der Waals surface area (Å²) in [6.07, 6.45) is 8.50. The molecule has 2 aromatic rings. The zero-order chi connectivity index (χ0) is 20.5. The number of benzene rings is 2. The number of ether oxygens (including phenoxy) is 1. The van der Waals surface area contributed by atoms with Crippen LogP contribution < -0.4 is 10.5 Å². The first-order valence-corrected chi connectivity index (χ1v) is 11.3. The highest BCUT2D eigenvalue weighted by Crippen LogP contribution is 2.39. The largest absolute Gasteiger partial charge is 0.483 e. The molecule has 1 fully saturated rings. The van der Waals surface area contributed by atoms with Crippen molar-refractivity contribution in [2.45, 2.75) is 43.9 Å². The molecule has 30 heavy (non-hydrogen) atoms. The van der Waals surface area contributed by atoms with Gasteiger partial charge in [0.15, 0.2) is 0 Å². The average molecular weight is 422 g/mol. The van der Waals surface area contributed by atoms with Gasteiger partial charge >= 0.3 is 0 Å². The Morgan fingerprint density at radius 2 is 2.03 bits per heavy atom. The van der Waals surface area contributed by atoms with E-state index in [0.29, 0.717) is 17.6 Å². The van der Waals surface area contributed by atoms with Crippen molar-refractivity contribution < 1.29 is 4.74 Å². The molecule has 2 N–H and O–H groups in total. The first kappa shape index (κ1) is 19.8. The third-order valence-electron chi connectivity index (χ3n) is 6.49. The normalized spacial score (nSPS) is 26.3. The van der Waals surface area contributed by atoms with Gasteiger partial charge in [-0.3, -0.25) is 9.89 Å². The van der Waals surface area contributed by atoms with Gasteiger partial charge < -0.3 is 10.5 Å². The van der Waals surface area contributed by atoms with E-state index in [1.807, 2.05) is 18.2 Å². The SMILES string of the molecule is N[C@@H]1CCCN([C@H]2CCc3ccccc3[C@@H]2Oc2ccc(Cl)cc2C2=NCC=C2)C1. The Hall–Kier alpha value is -2.14. The van der Waals surface area contributed by atoms with E-state index >= 15 is 0 Å². The molecule has 0 unspecified atom stereocenters. The van der Waals surface area contributed by atoms with Crippen molar-refractivity contribution in [1.82, 2.24) is 4.90 Å². The number of allylic oxidation sites excluding steroid dienone is 1. The predicted octanol–water partition coefficient (Wildman–Crippen LogP) is 4.56. The van der Waals surface area contributed by atoms with Gasteiger partial charge in [0, 0.05) is 23.2 Å². The molecule has 0 aromatic heterocycles. The van der Waals surface area contributed by atoms with Gasteiger partial charge in [0.05, 0.1) is 18.3 Å². The van der Waals surface area contributed by atoms with Crippen molar-refractivity contribution in [1.29, 1.82) is 0 Å². The summed E-state index contributed by atoms with van der Waals surface area (Å²) in [7, 11) is 0. The topological polar surface area (TPSA) is 50.8 Å². The van der Waals surface area contributed by atoms with Gasteiger partial charge in [-0.15, -0.1) is 0 Å². The van der Waals surface area contributed by atoms with Crippen LogP contribution in [0.4, 0.5) is 0 Å². The molecule has 1 aliphatic carbocycles. The Kier molecular flexibility index (Phi) is 5.64. The Bertz CT molecular complexity index is 986. The highest BCUT2D eigenvalue weighted by atomic mass is 35.5. The number of nitrogens with two attached hydrogens (primary N) is 1. The minimum Gasteiger partial charge on any atom is -0.483 e. The summed E-state index contributed by atoms with van der Waals surface area (Å²) in [6.45, 7) is 2.74. The minimum atomic E-state index is -0.0360. The Morgan fingerprint density at radius 1 is 1.13 bits per heavy atom. The highest BCUT2D eigenvalue weighted by Gasteiger charge is 2.37. The van der Waals surface area contributed by atoms with Gasteiger partial charge in [0.2, 0.25) is 0 Å². The summed E-state index contributed by atoms with van der Waals surface area (Å²) in [5.41, 5.74) is 10.9. The van der Waals surface area contributed by atoms with E-state index in [0.717, 1.165) is 55.8 Å². The number of hydrogen-bond acceptors (Lipinski definition) is 4. The number of piperidine rings is 1. The second kappa shape index (κ2) is 8.54. The van der Waals surface area contributed by atoms with E-state index in [2.05, 4.69) is 46.3 Å². The number of fused-ring (bicyclic) bond motifs is 1. The smallest absolute Gasteiger partial charge is 0.139 e. The van der Waals surface area contributed by atoms with Crippen LogP contribution in [0.1, 0.15) is 42.1 Å². The van der Waals surface area contributed by atoms with E-state index in [1.165, 1.54) is 11.1 Å². The van der Waals surface area contributed by atoms with Gasteiger partial charge in [0.1, 0.15) is 11.9 Å². The molecule has 5 rings (SSSR count). The highest BCUT2D eigenvalue weighted by molar-refractivity contribution is 6.31. The van der Waals surface area contributed by atoms with E-state index in [-0.39, 0.29) is 12.1 Å². The van der Waals surface area contributed by atoms with Crippen LogP contribution in [0.25, 0.3) is 0 Å². The van der Waals surface area contributed by atoms with Crippen molar-refractivity contribution in [2.24, 2.45) is 10.7 Å². The average Bonchev–Trinajstić information content (AvgIpc) is 3.30. The molecule has 156 valence electrons. The molecule has 5 heteroatoms. The molecular weight excluding hydrogens is 394 g/mol. The lowest BCUT2D eigenvalue weighted by Crippen LogP contribution is -2.51. The zero-order valence-corrected chi connectivity index (χ0v) is 17.9. The first-order chi connectivity index (χ1) is 14.7. The van der Waals surface area contributed by atoms with Crippen molar-refractivity contribution >= 4 is 17.3 Å². The van der Waals surface area contributed by atoms with Crippen molar-refractivity contribution in [3.8, 4) is 5.75 Å². The van der Waals surface area contributed by atoms with Crippen LogP contribution in [0.15, 0.2) is 59.6 Å². The number of rotatable bonds is 4. The summed E-state index contributed by atoms with van der Waals surface area (Å²) < 4.78 is 6.83. The number of halogens is 1. The standard InChI is InChI=1S/C25H28ClN3O/c26-18-10-12-24(21(15-18)22-8-3-13-28-22)30-25-20-7-2-1-5-17(20)9-11-23(25)29-14-4-6-19(27)16-29/h1-3,5,7-8,10,12,15,19,23,25H,4,6,9,11,13-14,16,27H2/t19-,23+,25+/m1/s1. The monoisotopic (exact) mass is 421 g/mol. The fourth-order valence-corrected chi connectivity index (χ4v) is 5.22. The third kappa shape index (κ3) is 3.92. The first-order valence-electron chi connectivity index (χ1n) is 10.9. The molecule has 2 heterocycles. The van der Waals surface area contributed by atoms with Crippen LogP contribution in [0.5, 0.6) is 5.75 Å². The van der Waals surface area contributed by atoms with E-state index in [9.17, 15) is 0 Å². The van der Waals surface area contributed by atoms with Crippen molar-refractivity contribution in [3.05, 3.63) is 76.3 Å². The second-order valence-corrected chi connectivity index (χ2v) is 8.95. The van der Waals surface area contributed by atoms with Crippen LogP contribution in [-0.4, -0.2) is 42.3 Å². The number of aliphatic imine (C=N–C) groups is 1. The molecule has 0 bridgehead atoms. The van der Waals surface area contributed by atoms with Gasteiger partial charge in [0.25, 0.3) is 0 Å². The molecule has 0 amide bonds.